The number of hydrogen-bond acceptors (Lipinski definition) is 5. The van der Waals surface area contributed by atoms with Crippen molar-refractivity contribution in [2.75, 3.05) is 13.1 Å². The van der Waals surface area contributed by atoms with Crippen molar-refractivity contribution in [1.82, 2.24) is 35.2 Å². The van der Waals surface area contributed by atoms with Gasteiger partial charge in [-0.15, -0.1) is 0 Å². The molecule has 25 heavy (non-hydrogen) atoms. The first-order valence-corrected chi connectivity index (χ1v) is 8.60. The number of H-pyrrole nitrogens is 1. The van der Waals surface area contributed by atoms with Gasteiger partial charge < -0.3 is 10.2 Å². The number of fused-ring (bicyclic) bond motifs is 1. The van der Waals surface area contributed by atoms with E-state index in [0.29, 0.717) is 37.2 Å². The molecule has 2 amide bonds. The highest BCUT2D eigenvalue weighted by molar-refractivity contribution is 5.90. The van der Waals surface area contributed by atoms with Gasteiger partial charge in [-0.1, -0.05) is 0 Å². The first-order valence-electron chi connectivity index (χ1n) is 8.60. The van der Waals surface area contributed by atoms with E-state index in [1.807, 2.05) is 17.9 Å². The number of aryl methyl sites for hydroxylation is 1. The molecule has 9 nitrogen and oxygen atoms in total. The Balaban J connectivity index is 1.33. The largest absolute Gasteiger partial charge is 0.346 e. The number of carbonyl (C=O) groups is 2. The molecule has 1 aliphatic carbocycles. The summed E-state index contributed by atoms with van der Waals surface area (Å²) in [5, 5.41) is 13.8. The SMILES string of the molecule is CCn1ncnc1C(=O)NC1CC2CN(C(=O)Cc3ccn[nH]3)CC21. The lowest BCUT2D eigenvalue weighted by Crippen LogP contribution is -2.52. The van der Waals surface area contributed by atoms with Crippen LogP contribution < -0.4 is 5.32 Å². The van der Waals surface area contributed by atoms with Crippen LogP contribution in [0.5, 0.6) is 0 Å². The average molecular weight is 343 g/mol. The van der Waals surface area contributed by atoms with Crippen LogP contribution in [0.3, 0.4) is 0 Å². The molecule has 1 saturated heterocycles. The van der Waals surface area contributed by atoms with Crippen LogP contribution in [0.4, 0.5) is 0 Å². The second kappa shape index (κ2) is 6.30. The molecule has 9 heteroatoms. The van der Waals surface area contributed by atoms with Crippen molar-refractivity contribution in [3.05, 3.63) is 30.1 Å². The zero-order valence-electron chi connectivity index (χ0n) is 14.1. The zero-order chi connectivity index (χ0) is 17.4. The van der Waals surface area contributed by atoms with Crippen molar-refractivity contribution in [2.45, 2.75) is 32.4 Å². The molecule has 132 valence electrons. The number of aromatic amines is 1. The lowest BCUT2D eigenvalue weighted by molar-refractivity contribution is -0.129. The third-order valence-electron chi connectivity index (χ3n) is 5.25. The molecule has 0 radical (unpaired) electrons. The van der Waals surface area contributed by atoms with Crippen LogP contribution in [0.25, 0.3) is 0 Å². The maximum absolute atomic E-state index is 12.4. The van der Waals surface area contributed by atoms with Crippen LogP contribution in [-0.4, -0.2) is 60.8 Å². The molecule has 3 unspecified atom stereocenters. The van der Waals surface area contributed by atoms with Gasteiger partial charge in [0.05, 0.1) is 6.42 Å². The molecule has 1 saturated carbocycles. The first kappa shape index (κ1) is 15.8. The third-order valence-corrected chi connectivity index (χ3v) is 5.25. The first-order chi connectivity index (χ1) is 12.2. The van der Waals surface area contributed by atoms with E-state index in [2.05, 4.69) is 25.6 Å². The fraction of sp³-hybridized carbons (Fsp3) is 0.562. The number of aromatic nitrogens is 5. The minimum Gasteiger partial charge on any atom is -0.346 e. The molecule has 3 atom stereocenters. The Morgan fingerprint density at radius 1 is 1.40 bits per heavy atom. The minimum atomic E-state index is -0.190. The Hall–Kier alpha value is -2.71. The second-order valence-corrected chi connectivity index (χ2v) is 6.70. The van der Waals surface area contributed by atoms with Gasteiger partial charge in [0.1, 0.15) is 6.33 Å². The van der Waals surface area contributed by atoms with E-state index >= 15 is 0 Å². The molecular formula is C16H21N7O2. The molecule has 0 spiro atoms. The van der Waals surface area contributed by atoms with Crippen LogP contribution in [-0.2, 0) is 17.8 Å². The van der Waals surface area contributed by atoms with Crippen LogP contribution >= 0.6 is 0 Å². The molecule has 1 aliphatic heterocycles. The second-order valence-electron chi connectivity index (χ2n) is 6.70. The summed E-state index contributed by atoms with van der Waals surface area (Å²) in [7, 11) is 0. The number of nitrogens with one attached hydrogen (secondary N) is 2. The van der Waals surface area contributed by atoms with E-state index in [-0.39, 0.29) is 17.9 Å². The van der Waals surface area contributed by atoms with Gasteiger partial charge in [0.15, 0.2) is 0 Å². The van der Waals surface area contributed by atoms with Crippen molar-refractivity contribution in [1.29, 1.82) is 0 Å². The normalized spacial score (nSPS) is 24.7. The van der Waals surface area contributed by atoms with Gasteiger partial charge in [-0.3, -0.25) is 14.7 Å². The van der Waals surface area contributed by atoms with Crippen molar-refractivity contribution in [3.63, 3.8) is 0 Å². The van der Waals surface area contributed by atoms with Gasteiger partial charge >= 0.3 is 0 Å². The Bertz CT molecular complexity index is 769. The number of carbonyl (C=O) groups excluding carboxylic acids is 2. The Morgan fingerprint density at radius 2 is 2.28 bits per heavy atom. The number of amides is 2. The lowest BCUT2D eigenvalue weighted by atomic mass is 9.71. The minimum absolute atomic E-state index is 0.101. The highest BCUT2D eigenvalue weighted by Gasteiger charge is 2.48. The molecule has 0 bridgehead atoms. The summed E-state index contributed by atoms with van der Waals surface area (Å²) < 4.78 is 1.58. The van der Waals surface area contributed by atoms with Crippen molar-refractivity contribution in [2.24, 2.45) is 11.8 Å². The predicted molar refractivity (Wildman–Crippen MR) is 87.4 cm³/mol. The highest BCUT2D eigenvalue weighted by atomic mass is 16.2. The average Bonchev–Trinajstić information content (AvgIpc) is 3.31. The summed E-state index contributed by atoms with van der Waals surface area (Å²) in [5.74, 6) is 1.06. The molecule has 2 aromatic heterocycles. The summed E-state index contributed by atoms with van der Waals surface area (Å²) in [5.41, 5.74) is 0.827. The number of nitrogens with zero attached hydrogens (tertiary/aromatic N) is 5. The standard InChI is InChI=1S/C16H21N7O2/c1-2-23-15(17-9-19-23)16(25)20-13-5-10-7-22(8-12(10)13)14(24)6-11-3-4-18-21-11/h3-4,9-10,12-13H,2,5-8H2,1H3,(H,18,21)(H,20,25). The quantitative estimate of drug-likeness (QED) is 0.784. The van der Waals surface area contributed by atoms with E-state index in [4.69, 9.17) is 0 Å². The molecule has 2 fully saturated rings. The monoisotopic (exact) mass is 343 g/mol. The Kier molecular flexibility index (Phi) is 3.98. The lowest BCUT2D eigenvalue weighted by Gasteiger charge is -2.39. The predicted octanol–water partition coefficient (Wildman–Crippen LogP) is -0.159. The summed E-state index contributed by atoms with van der Waals surface area (Å²) in [6.45, 7) is 4.00. The van der Waals surface area contributed by atoms with Gasteiger partial charge in [0, 0.05) is 43.5 Å². The van der Waals surface area contributed by atoms with Gasteiger partial charge in [-0.05, 0) is 25.3 Å². The summed E-state index contributed by atoms with van der Waals surface area (Å²) in [4.78, 5) is 30.7. The topological polar surface area (TPSA) is 109 Å². The molecular weight excluding hydrogens is 322 g/mol. The molecule has 3 heterocycles. The number of hydrogen-bond donors (Lipinski definition) is 2. The van der Waals surface area contributed by atoms with E-state index in [1.165, 1.54) is 6.33 Å². The molecule has 2 aromatic rings. The van der Waals surface area contributed by atoms with Crippen LogP contribution in [0, 0.1) is 11.8 Å². The Morgan fingerprint density at radius 3 is 3.04 bits per heavy atom. The van der Waals surface area contributed by atoms with Crippen LogP contribution in [0.2, 0.25) is 0 Å². The number of likely N-dealkylation sites (tertiary alicyclic amines) is 1. The summed E-state index contributed by atoms with van der Waals surface area (Å²) in [6.07, 6.45) is 4.30. The van der Waals surface area contributed by atoms with Gasteiger partial charge in [0.2, 0.25) is 11.7 Å². The van der Waals surface area contributed by atoms with Crippen LogP contribution in [0.1, 0.15) is 29.7 Å². The van der Waals surface area contributed by atoms with Gasteiger partial charge in [0.25, 0.3) is 5.91 Å². The maximum Gasteiger partial charge on any atom is 0.289 e. The van der Waals surface area contributed by atoms with E-state index in [9.17, 15) is 9.59 Å². The van der Waals surface area contributed by atoms with E-state index in [0.717, 1.165) is 18.7 Å². The zero-order valence-corrected chi connectivity index (χ0v) is 14.1. The van der Waals surface area contributed by atoms with Gasteiger partial charge in [-0.2, -0.15) is 10.2 Å². The van der Waals surface area contributed by atoms with Crippen molar-refractivity contribution in [3.8, 4) is 0 Å². The van der Waals surface area contributed by atoms with E-state index < -0.39 is 0 Å². The molecule has 2 N–H and O–H groups in total. The van der Waals surface area contributed by atoms with Crippen LogP contribution in [0.15, 0.2) is 18.6 Å². The third kappa shape index (κ3) is 2.90. The van der Waals surface area contributed by atoms with Gasteiger partial charge in [-0.25, -0.2) is 9.67 Å². The summed E-state index contributed by atoms with van der Waals surface area (Å²) in [6, 6.07) is 1.92. The molecule has 0 aromatic carbocycles. The smallest absolute Gasteiger partial charge is 0.289 e. The van der Waals surface area contributed by atoms with Crippen molar-refractivity contribution >= 4 is 11.8 Å². The fourth-order valence-electron chi connectivity index (χ4n) is 3.84. The highest BCUT2D eigenvalue weighted by Crippen LogP contribution is 2.41. The Labute approximate surface area is 144 Å². The summed E-state index contributed by atoms with van der Waals surface area (Å²) >= 11 is 0. The molecule has 4 rings (SSSR count). The van der Waals surface area contributed by atoms with E-state index in [1.54, 1.807) is 10.9 Å². The molecule has 2 aliphatic rings. The number of rotatable bonds is 5. The fourth-order valence-corrected chi connectivity index (χ4v) is 3.84. The van der Waals surface area contributed by atoms with Crippen molar-refractivity contribution < 1.29 is 9.59 Å². The maximum atomic E-state index is 12.4.